The first kappa shape index (κ1) is 13.4. The number of rotatable bonds is 2. The van der Waals surface area contributed by atoms with Crippen molar-refractivity contribution in [1.82, 2.24) is 19.8 Å². The maximum atomic E-state index is 9.60. The fourth-order valence-electron chi connectivity index (χ4n) is 2.35. The second-order valence-corrected chi connectivity index (χ2v) is 5.20. The Bertz CT molecular complexity index is 421. The van der Waals surface area contributed by atoms with Crippen molar-refractivity contribution < 1.29 is 5.11 Å². The van der Waals surface area contributed by atoms with Crippen LogP contribution in [0.3, 0.4) is 0 Å². The summed E-state index contributed by atoms with van der Waals surface area (Å²) >= 11 is 0. The third kappa shape index (κ3) is 2.68. The molecular weight excluding hydrogens is 228 g/mol. The van der Waals surface area contributed by atoms with E-state index in [2.05, 4.69) is 33.9 Å². The fourth-order valence-corrected chi connectivity index (χ4v) is 2.35. The molecule has 18 heavy (non-hydrogen) atoms. The van der Waals surface area contributed by atoms with Crippen molar-refractivity contribution in [3.05, 3.63) is 23.3 Å². The van der Waals surface area contributed by atoms with E-state index in [0.29, 0.717) is 0 Å². The zero-order valence-corrected chi connectivity index (χ0v) is 11.6. The summed E-state index contributed by atoms with van der Waals surface area (Å²) in [5.41, 5.74) is 1.68. The molecule has 5 heteroatoms. The molecular formula is C13H22N4O. The van der Waals surface area contributed by atoms with Crippen LogP contribution in [-0.2, 0) is 0 Å². The van der Waals surface area contributed by atoms with Crippen molar-refractivity contribution in [3.8, 4) is 0 Å². The van der Waals surface area contributed by atoms with Crippen LogP contribution in [0.5, 0.6) is 0 Å². The number of piperazine rings is 1. The summed E-state index contributed by atoms with van der Waals surface area (Å²) < 4.78 is 0. The average Bonchev–Trinajstić information content (AvgIpc) is 2.31. The molecule has 0 radical (unpaired) electrons. The molecule has 100 valence electrons. The minimum absolute atomic E-state index is 0.241. The summed E-state index contributed by atoms with van der Waals surface area (Å²) in [5, 5.41) is 9.60. The minimum atomic E-state index is -0.509. The number of hydrogen-bond acceptors (Lipinski definition) is 5. The third-order valence-corrected chi connectivity index (χ3v) is 3.64. The molecule has 1 aromatic rings. The summed E-state index contributed by atoms with van der Waals surface area (Å²) in [4.78, 5) is 13.6. The summed E-state index contributed by atoms with van der Waals surface area (Å²) in [7, 11) is 4.23. The Labute approximate surface area is 108 Å². The van der Waals surface area contributed by atoms with Crippen LogP contribution in [0, 0.1) is 6.92 Å². The summed E-state index contributed by atoms with van der Waals surface area (Å²) in [6.45, 7) is 6.73. The molecule has 0 aromatic carbocycles. The Morgan fingerprint density at radius 1 is 1.39 bits per heavy atom. The standard InChI is InChI=1S/C13H22N4O/c1-9-11(10(2)18)7-14-13(15-9)12-8-16(3)5-6-17(12)4/h7,10,12,18H,5-6,8H2,1-4H3/t10-,12?/m0/s1. The van der Waals surface area contributed by atoms with E-state index < -0.39 is 6.10 Å². The Morgan fingerprint density at radius 2 is 2.11 bits per heavy atom. The average molecular weight is 250 g/mol. The van der Waals surface area contributed by atoms with Crippen LogP contribution in [-0.4, -0.2) is 58.6 Å². The number of hydrogen-bond donors (Lipinski definition) is 1. The number of aryl methyl sites for hydroxylation is 1. The summed E-state index contributed by atoms with van der Waals surface area (Å²) in [6.07, 6.45) is 1.25. The first-order valence-corrected chi connectivity index (χ1v) is 6.39. The minimum Gasteiger partial charge on any atom is -0.389 e. The van der Waals surface area contributed by atoms with Crippen LogP contribution in [0.15, 0.2) is 6.20 Å². The van der Waals surface area contributed by atoms with Crippen molar-refractivity contribution in [2.45, 2.75) is 26.0 Å². The predicted molar refractivity (Wildman–Crippen MR) is 70.3 cm³/mol. The molecule has 0 amide bonds. The molecule has 2 atom stereocenters. The van der Waals surface area contributed by atoms with Crippen molar-refractivity contribution >= 4 is 0 Å². The van der Waals surface area contributed by atoms with E-state index in [0.717, 1.165) is 36.7 Å². The van der Waals surface area contributed by atoms with Gasteiger partial charge in [0.2, 0.25) is 0 Å². The molecule has 0 saturated carbocycles. The quantitative estimate of drug-likeness (QED) is 0.839. The first-order valence-electron chi connectivity index (χ1n) is 6.39. The smallest absolute Gasteiger partial charge is 0.146 e. The van der Waals surface area contributed by atoms with E-state index >= 15 is 0 Å². The molecule has 0 spiro atoms. The lowest BCUT2D eigenvalue weighted by molar-refractivity contribution is 0.109. The maximum Gasteiger partial charge on any atom is 0.146 e. The molecule has 1 unspecified atom stereocenters. The van der Waals surface area contributed by atoms with Gasteiger partial charge in [0, 0.05) is 37.1 Å². The number of likely N-dealkylation sites (N-methyl/N-ethyl adjacent to an activating group) is 2. The van der Waals surface area contributed by atoms with Crippen molar-refractivity contribution in [2.24, 2.45) is 0 Å². The van der Waals surface area contributed by atoms with Gasteiger partial charge in [-0.05, 0) is 27.9 Å². The lowest BCUT2D eigenvalue weighted by Crippen LogP contribution is -2.45. The Balaban J connectivity index is 2.25. The number of aromatic nitrogens is 2. The zero-order chi connectivity index (χ0) is 13.3. The molecule has 2 heterocycles. The predicted octanol–water partition coefficient (Wildman–Crippen LogP) is 0.757. The molecule has 5 nitrogen and oxygen atoms in total. The number of aliphatic hydroxyl groups is 1. The van der Waals surface area contributed by atoms with E-state index in [9.17, 15) is 5.11 Å². The highest BCUT2D eigenvalue weighted by Gasteiger charge is 2.26. The third-order valence-electron chi connectivity index (χ3n) is 3.64. The highest BCUT2D eigenvalue weighted by atomic mass is 16.3. The van der Waals surface area contributed by atoms with Gasteiger partial charge in [0.15, 0.2) is 0 Å². The van der Waals surface area contributed by atoms with Crippen LogP contribution >= 0.6 is 0 Å². The monoisotopic (exact) mass is 250 g/mol. The largest absolute Gasteiger partial charge is 0.389 e. The Hall–Kier alpha value is -1.04. The lowest BCUT2D eigenvalue weighted by atomic mass is 10.1. The topological polar surface area (TPSA) is 52.5 Å². The molecule has 1 aromatic heterocycles. The van der Waals surface area contributed by atoms with Gasteiger partial charge in [-0.3, -0.25) is 4.90 Å². The molecule has 1 N–H and O–H groups in total. The van der Waals surface area contributed by atoms with Gasteiger partial charge >= 0.3 is 0 Å². The van der Waals surface area contributed by atoms with Gasteiger partial charge in [-0.1, -0.05) is 0 Å². The van der Waals surface area contributed by atoms with Gasteiger partial charge in [-0.2, -0.15) is 0 Å². The van der Waals surface area contributed by atoms with Gasteiger partial charge < -0.3 is 10.0 Å². The SMILES string of the molecule is Cc1nc(C2CN(C)CCN2C)ncc1[C@H](C)O. The van der Waals surface area contributed by atoms with E-state index in [1.807, 2.05) is 6.92 Å². The zero-order valence-electron chi connectivity index (χ0n) is 11.6. The van der Waals surface area contributed by atoms with Crippen LogP contribution < -0.4 is 0 Å². The summed E-state index contributed by atoms with van der Waals surface area (Å²) in [5.74, 6) is 0.853. The van der Waals surface area contributed by atoms with E-state index in [-0.39, 0.29) is 6.04 Å². The van der Waals surface area contributed by atoms with Gasteiger partial charge in [-0.25, -0.2) is 9.97 Å². The normalized spacial score (nSPS) is 24.2. The molecule has 1 fully saturated rings. The molecule has 1 aliphatic rings. The number of aliphatic hydroxyl groups excluding tert-OH is 1. The maximum absolute atomic E-state index is 9.60. The molecule has 1 saturated heterocycles. The lowest BCUT2D eigenvalue weighted by Gasteiger charge is -2.36. The second-order valence-electron chi connectivity index (χ2n) is 5.20. The highest BCUT2D eigenvalue weighted by Crippen LogP contribution is 2.22. The van der Waals surface area contributed by atoms with Gasteiger partial charge in [0.25, 0.3) is 0 Å². The van der Waals surface area contributed by atoms with Gasteiger partial charge in [-0.15, -0.1) is 0 Å². The van der Waals surface area contributed by atoms with E-state index in [1.54, 1.807) is 13.1 Å². The van der Waals surface area contributed by atoms with Crippen LogP contribution in [0.4, 0.5) is 0 Å². The Morgan fingerprint density at radius 3 is 2.72 bits per heavy atom. The molecule has 1 aliphatic heterocycles. The number of nitrogens with zero attached hydrogens (tertiary/aromatic N) is 4. The molecule has 0 bridgehead atoms. The fraction of sp³-hybridized carbons (Fsp3) is 0.692. The second kappa shape index (κ2) is 5.30. The molecule has 2 rings (SSSR count). The Kier molecular flexibility index (Phi) is 3.94. The van der Waals surface area contributed by atoms with Crippen molar-refractivity contribution in [2.75, 3.05) is 33.7 Å². The summed E-state index contributed by atoms with van der Waals surface area (Å²) in [6, 6.07) is 0.241. The van der Waals surface area contributed by atoms with Crippen LogP contribution in [0.2, 0.25) is 0 Å². The highest BCUT2D eigenvalue weighted by molar-refractivity contribution is 5.19. The van der Waals surface area contributed by atoms with Crippen LogP contribution in [0.25, 0.3) is 0 Å². The van der Waals surface area contributed by atoms with E-state index in [4.69, 9.17) is 0 Å². The molecule has 0 aliphatic carbocycles. The van der Waals surface area contributed by atoms with E-state index in [1.165, 1.54) is 0 Å². The first-order chi connectivity index (χ1) is 8.49. The van der Waals surface area contributed by atoms with Crippen molar-refractivity contribution in [3.63, 3.8) is 0 Å². The van der Waals surface area contributed by atoms with Gasteiger partial charge in [0.05, 0.1) is 12.1 Å². The van der Waals surface area contributed by atoms with Gasteiger partial charge in [0.1, 0.15) is 5.82 Å². The van der Waals surface area contributed by atoms with Crippen molar-refractivity contribution in [1.29, 1.82) is 0 Å². The van der Waals surface area contributed by atoms with Crippen LogP contribution in [0.1, 0.15) is 36.2 Å².